The molecule has 1 fully saturated rings. The quantitative estimate of drug-likeness (QED) is 0.849. The molecule has 0 unspecified atom stereocenters. The van der Waals surface area contributed by atoms with Crippen molar-refractivity contribution in [3.05, 3.63) is 41.5 Å². The zero-order valence-electron chi connectivity index (χ0n) is 13.3. The summed E-state index contributed by atoms with van der Waals surface area (Å²) in [7, 11) is 3.85. The van der Waals surface area contributed by atoms with Gasteiger partial charge in [-0.15, -0.1) is 0 Å². The molecule has 3 rings (SSSR count). The van der Waals surface area contributed by atoms with Crippen molar-refractivity contribution in [2.24, 2.45) is 5.92 Å². The molecule has 0 saturated carbocycles. The van der Waals surface area contributed by atoms with Gasteiger partial charge in [0.05, 0.1) is 7.11 Å². The number of nitrogens with zero attached hydrogens (tertiary/aromatic N) is 3. The first kappa shape index (κ1) is 15.0. The predicted octanol–water partition coefficient (Wildman–Crippen LogP) is 2.55. The Bertz CT molecular complexity index is 603. The first-order valence-corrected chi connectivity index (χ1v) is 7.86. The maximum absolute atomic E-state index is 5.42. The van der Waals surface area contributed by atoms with Crippen LogP contribution < -0.4 is 4.74 Å². The second kappa shape index (κ2) is 6.92. The lowest BCUT2D eigenvalue weighted by Gasteiger charge is -2.27. The first-order chi connectivity index (χ1) is 10.7. The first-order valence-electron chi connectivity index (χ1n) is 7.86. The van der Waals surface area contributed by atoms with E-state index in [4.69, 9.17) is 9.26 Å². The van der Waals surface area contributed by atoms with Crippen molar-refractivity contribution >= 4 is 0 Å². The number of aromatic nitrogens is 2. The average molecular weight is 301 g/mol. The van der Waals surface area contributed by atoms with Crippen LogP contribution >= 0.6 is 0 Å². The summed E-state index contributed by atoms with van der Waals surface area (Å²) in [5.74, 6) is 3.04. The molecule has 5 heteroatoms. The van der Waals surface area contributed by atoms with E-state index in [1.165, 1.54) is 12.8 Å². The third-order valence-electron chi connectivity index (χ3n) is 4.31. The van der Waals surface area contributed by atoms with Gasteiger partial charge in [-0.2, -0.15) is 4.98 Å². The Balaban J connectivity index is 1.58. The van der Waals surface area contributed by atoms with Crippen molar-refractivity contribution in [3.8, 4) is 5.75 Å². The minimum atomic E-state index is 0.668. The topological polar surface area (TPSA) is 51.4 Å². The van der Waals surface area contributed by atoms with Crippen molar-refractivity contribution in [1.29, 1.82) is 0 Å². The minimum absolute atomic E-state index is 0.668. The molecule has 0 radical (unpaired) electrons. The fourth-order valence-electron chi connectivity index (χ4n) is 2.92. The van der Waals surface area contributed by atoms with E-state index in [0.717, 1.165) is 42.5 Å². The van der Waals surface area contributed by atoms with Gasteiger partial charge in [0.2, 0.25) is 5.89 Å². The summed E-state index contributed by atoms with van der Waals surface area (Å²) >= 11 is 0. The summed E-state index contributed by atoms with van der Waals surface area (Å²) in [4.78, 5) is 6.92. The van der Waals surface area contributed by atoms with Crippen LogP contribution in [0.15, 0.2) is 28.8 Å². The highest BCUT2D eigenvalue weighted by molar-refractivity contribution is 5.30. The number of ether oxygens (including phenoxy) is 1. The molecule has 0 spiro atoms. The fraction of sp³-hybridized carbons (Fsp3) is 0.529. The molecule has 0 N–H and O–H groups in total. The zero-order valence-corrected chi connectivity index (χ0v) is 13.3. The van der Waals surface area contributed by atoms with E-state index in [1.807, 2.05) is 18.2 Å². The average Bonchev–Trinajstić information content (AvgIpc) is 2.97. The van der Waals surface area contributed by atoms with Gasteiger partial charge in [0.1, 0.15) is 5.75 Å². The molecule has 0 bridgehead atoms. The summed E-state index contributed by atoms with van der Waals surface area (Å²) < 4.78 is 10.7. The molecule has 0 amide bonds. The van der Waals surface area contributed by atoms with Crippen LogP contribution in [0.5, 0.6) is 5.75 Å². The molecule has 1 aliphatic rings. The number of piperidine rings is 1. The summed E-state index contributed by atoms with van der Waals surface area (Å²) in [5.41, 5.74) is 1.13. The van der Waals surface area contributed by atoms with Gasteiger partial charge in [-0.1, -0.05) is 17.3 Å². The molecule has 118 valence electrons. The van der Waals surface area contributed by atoms with E-state index in [1.54, 1.807) is 7.11 Å². The van der Waals surface area contributed by atoms with E-state index in [-0.39, 0.29) is 0 Å². The van der Waals surface area contributed by atoms with Gasteiger partial charge in [0.15, 0.2) is 5.82 Å². The lowest BCUT2D eigenvalue weighted by molar-refractivity contribution is 0.208. The normalized spacial score (nSPS) is 16.8. The lowest BCUT2D eigenvalue weighted by atomic mass is 9.94. The van der Waals surface area contributed by atoms with Crippen molar-refractivity contribution in [2.45, 2.75) is 25.7 Å². The van der Waals surface area contributed by atoms with Crippen LogP contribution in [0.1, 0.15) is 30.1 Å². The van der Waals surface area contributed by atoms with Crippen molar-refractivity contribution in [3.63, 3.8) is 0 Å². The van der Waals surface area contributed by atoms with Crippen molar-refractivity contribution < 1.29 is 9.26 Å². The zero-order chi connectivity index (χ0) is 15.4. The van der Waals surface area contributed by atoms with Crippen LogP contribution in [0.3, 0.4) is 0 Å². The van der Waals surface area contributed by atoms with Gasteiger partial charge in [-0.3, -0.25) is 0 Å². The van der Waals surface area contributed by atoms with Gasteiger partial charge in [0.25, 0.3) is 0 Å². The van der Waals surface area contributed by atoms with Gasteiger partial charge in [0, 0.05) is 12.8 Å². The Morgan fingerprint density at radius 2 is 2.14 bits per heavy atom. The highest BCUT2D eigenvalue weighted by atomic mass is 16.5. The Labute approximate surface area is 131 Å². The Morgan fingerprint density at radius 3 is 2.91 bits per heavy atom. The second-order valence-corrected chi connectivity index (χ2v) is 6.08. The van der Waals surface area contributed by atoms with Crippen LogP contribution in [0, 0.1) is 5.92 Å². The van der Waals surface area contributed by atoms with Crippen molar-refractivity contribution in [1.82, 2.24) is 15.0 Å². The largest absolute Gasteiger partial charge is 0.497 e. The number of hydrogen-bond donors (Lipinski definition) is 0. The number of benzene rings is 1. The molecule has 22 heavy (non-hydrogen) atoms. The Morgan fingerprint density at radius 1 is 1.32 bits per heavy atom. The third kappa shape index (κ3) is 3.85. The maximum atomic E-state index is 5.42. The number of rotatable bonds is 5. The van der Waals surface area contributed by atoms with E-state index in [2.05, 4.69) is 28.2 Å². The SMILES string of the molecule is COc1cccc(Cc2noc(CC3CCN(C)CC3)n2)c1. The standard InChI is InChI=1S/C17H23N3O2/c1-20-8-6-13(7-9-20)12-17-18-16(19-22-17)11-14-4-3-5-15(10-14)21-2/h3-5,10,13H,6-9,11-12H2,1-2H3. The molecule has 1 aromatic heterocycles. The Kier molecular flexibility index (Phi) is 4.73. The van der Waals surface area contributed by atoms with Crippen LogP contribution in [0.2, 0.25) is 0 Å². The summed E-state index contributed by atoms with van der Waals surface area (Å²) in [5, 5.41) is 4.11. The van der Waals surface area contributed by atoms with E-state index < -0.39 is 0 Å². The predicted molar refractivity (Wildman–Crippen MR) is 84.0 cm³/mol. The fourth-order valence-corrected chi connectivity index (χ4v) is 2.92. The summed E-state index contributed by atoms with van der Waals surface area (Å²) in [6.45, 7) is 2.32. The van der Waals surface area contributed by atoms with Crippen LogP contribution in [-0.2, 0) is 12.8 Å². The molecule has 1 aliphatic heterocycles. The highest BCUT2D eigenvalue weighted by Gasteiger charge is 2.19. The Hall–Kier alpha value is -1.88. The van der Waals surface area contributed by atoms with Gasteiger partial charge >= 0.3 is 0 Å². The van der Waals surface area contributed by atoms with Gasteiger partial charge in [-0.05, 0) is 56.6 Å². The van der Waals surface area contributed by atoms with Crippen LogP contribution in [0.4, 0.5) is 0 Å². The molecule has 2 aromatic rings. The smallest absolute Gasteiger partial charge is 0.226 e. The molecular weight excluding hydrogens is 278 g/mol. The summed E-state index contributed by atoms with van der Waals surface area (Å²) in [6, 6.07) is 7.97. The van der Waals surface area contributed by atoms with E-state index in [9.17, 15) is 0 Å². The maximum Gasteiger partial charge on any atom is 0.226 e. The molecule has 5 nitrogen and oxygen atoms in total. The highest BCUT2D eigenvalue weighted by Crippen LogP contribution is 2.21. The number of hydrogen-bond acceptors (Lipinski definition) is 5. The molecular formula is C17H23N3O2. The molecule has 2 heterocycles. The number of methoxy groups -OCH3 is 1. The summed E-state index contributed by atoms with van der Waals surface area (Å²) in [6.07, 6.45) is 4.00. The lowest BCUT2D eigenvalue weighted by Crippen LogP contribution is -2.30. The van der Waals surface area contributed by atoms with Crippen LogP contribution in [-0.4, -0.2) is 42.3 Å². The minimum Gasteiger partial charge on any atom is -0.497 e. The monoisotopic (exact) mass is 301 g/mol. The third-order valence-corrected chi connectivity index (χ3v) is 4.31. The van der Waals surface area contributed by atoms with Crippen molar-refractivity contribution in [2.75, 3.05) is 27.2 Å². The van der Waals surface area contributed by atoms with Gasteiger partial charge in [-0.25, -0.2) is 0 Å². The molecule has 1 saturated heterocycles. The molecule has 0 atom stereocenters. The van der Waals surface area contributed by atoms with E-state index in [0.29, 0.717) is 12.3 Å². The van der Waals surface area contributed by atoms with E-state index >= 15 is 0 Å². The molecule has 1 aromatic carbocycles. The van der Waals surface area contributed by atoms with Gasteiger partial charge < -0.3 is 14.2 Å². The number of likely N-dealkylation sites (tertiary alicyclic amines) is 1. The van der Waals surface area contributed by atoms with Crippen LogP contribution in [0.25, 0.3) is 0 Å². The molecule has 0 aliphatic carbocycles. The second-order valence-electron chi connectivity index (χ2n) is 6.08.